The lowest BCUT2D eigenvalue weighted by Crippen LogP contribution is -2.41. The molecule has 1 amide bonds. The molecule has 2 aromatic carbocycles. The van der Waals surface area contributed by atoms with Crippen molar-refractivity contribution in [3.8, 4) is 0 Å². The number of hydrogen-bond acceptors (Lipinski definition) is 5. The lowest BCUT2D eigenvalue weighted by Gasteiger charge is -2.30. The average Bonchev–Trinajstić information content (AvgIpc) is 3.16. The van der Waals surface area contributed by atoms with Crippen molar-refractivity contribution in [2.75, 3.05) is 18.4 Å². The molecule has 1 fully saturated rings. The first-order valence-electron chi connectivity index (χ1n) is 8.84. The van der Waals surface area contributed by atoms with Crippen molar-refractivity contribution in [1.82, 2.24) is 9.29 Å². The molecule has 146 valence electrons. The highest BCUT2D eigenvalue weighted by Crippen LogP contribution is 2.27. The Kier molecular flexibility index (Phi) is 5.13. The molecule has 1 aliphatic heterocycles. The summed E-state index contributed by atoms with van der Waals surface area (Å²) in [6.07, 6.45) is 0.775. The Morgan fingerprint density at radius 1 is 1.18 bits per heavy atom. The quantitative estimate of drug-likeness (QED) is 0.702. The van der Waals surface area contributed by atoms with E-state index in [9.17, 15) is 17.6 Å². The van der Waals surface area contributed by atoms with Crippen LogP contribution in [0.25, 0.3) is 10.2 Å². The first kappa shape index (κ1) is 19.0. The van der Waals surface area contributed by atoms with Crippen LogP contribution in [0.3, 0.4) is 0 Å². The second kappa shape index (κ2) is 7.57. The number of carbonyl (C=O) groups excluding carboxylic acids is 1. The van der Waals surface area contributed by atoms with Crippen molar-refractivity contribution in [2.24, 2.45) is 5.92 Å². The van der Waals surface area contributed by atoms with Gasteiger partial charge in [0.25, 0.3) is 0 Å². The molecule has 9 heteroatoms. The van der Waals surface area contributed by atoms with Gasteiger partial charge in [-0.15, -0.1) is 11.3 Å². The van der Waals surface area contributed by atoms with Gasteiger partial charge in [0.15, 0.2) is 0 Å². The van der Waals surface area contributed by atoms with E-state index in [1.807, 2.05) is 18.2 Å². The number of rotatable bonds is 4. The molecule has 28 heavy (non-hydrogen) atoms. The number of hydrogen-bond donors (Lipinski definition) is 1. The molecular formula is C19H18FN3O3S2. The first-order chi connectivity index (χ1) is 13.4. The standard InChI is InChI=1S/C19H18FN3O3S2/c20-15-3-1-2-4-18(15)28(25,26)23-9-7-13(8-10-23)19(24)22-14-5-6-17-16(11-14)21-12-27-17/h1-6,11-13H,7-10H2,(H,22,24). The fraction of sp³-hybridized carbons (Fsp3) is 0.263. The molecule has 0 radical (unpaired) electrons. The van der Waals surface area contributed by atoms with Gasteiger partial charge in [-0.05, 0) is 43.2 Å². The number of benzene rings is 2. The molecule has 1 aliphatic rings. The van der Waals surface area contributed by atoms with Crippen molar-refractivity contribution in [1.29, 1.82) is 0 Å². The Morgan fingerprint density at radius 2 is 1.93 bits per heavy atom. The number of aromatic nitrogens is 1. The monoisotopic (exact) mass is 419 g/mol. The van der Waals surface area contributed by atoms with Gasteiger partial charge in [0.05, 0.1) is 15.7 Å². The van der Waals surface area contributed by atoms with E-state index in [-0.39, 0.29) is 29.8 Å². The summed E-state index contributed by atoms with van der Waals surface area (Å²) in [5.41, 5.74) is 3.25. The molecule has 0 bridgehead atoms. The predicted molar refractivity (Wildman–Crippen MR) is 106 cm³/mol. The van der Waals surface area contributed by atoms with Gasteiger partial charge >= 0.3 is 0 Å². The van der Waals surface area contributed by atoms with Crippen molar-refractivity contribution < 1.29 is 17.6 Å². The van der Waals surface area contributed by atoms with Gasteiger partial charge in [0.1, 0.15) is 10.7 Å². The lowest BCUT2D eigenvalue weighted by molar-refractivity contribution is -0.120. The molecule has 0 unspecified atom stereocenters. The predicted octanol–water partition coefficient (Wildman–Crippen LogP) is 3.47. The Hall–Kier alpha value is -2.36. The zero-order chi connectivity index (χ0) is 19.7. The summed E-state index contributed by atoms with van der Waals surface area (Å²) in [5.74, 6) is -1.20. The maximum atomic E-state index is 13.9. The van der Waals surface area contributed by atoms with Crippen LogP contribution in [0, 0.1) is 11.7 Å². The molecule has 1 N–H and O–H groups in total. The highest BCUT2D eigenvalue weighted by atomic mass is 32.2. The van der Waals surface area contributed by atoms with E-state index >= 15 is 0 Å². The van der Waals surface area contributed by atoms with Crippen LogP contribution < -0.4 is 5.32 Å². The van der Waals surface area contributed by atoms with Crippen LogP contribution >= 0.6 is 11.3 Å². The number of sulfonamides is 1. The van der Waals surface area contributed by atoms with E-state index in [1.54, 1.807) is 5.51 Å². The second-order valence-electron chi connectivity index (χ2n) is 6.63. The lowest BCUT2D eigenvalue weighted by atomic mass is 9.97. The first-order valence-corrected chi connectivity index (χ1v) is 11.2. The number of anilines is 1. The zero-order valence-electron chi connectivity index (χ0n) is 14.8. The van der Waals surface area contributed by atoms with E-state index < -0.39 is 15.8 Å². The number of carbonyl (C=O) groups is 1. The Morgan fingerprint density at radius 3 is 2.68 bits per heavy atom. The second-order valence-corrected chi connectivity index (χ2v) is 9.43. The SMILES string of the molecule is O=C(Nc1ccc2scnc2c1)C1CCN(S(=O)(=O)c2ccccc2F)CC1. The third-order valence-corrected chi connectivity index (χ3v) is 7.62. The number of halogens is 1. The van der Waals surface area contributed by atoms with Gasteiger partial charge in [-0.1, -0.05) is 12.1 Å². The van der Waals surface area contributed by atoms with Gasteiger partial charge in [-0.25, -0.2) is 17.8 Å². The minimum atomic E-state index is -3.90. The summed E-state index contributed by atoms with van der Waals surface area (Å²) >= 11 is 1.53. The van der Waals surface area contributed by atoms with Crippen LogP contribution in [0.2, 0.25) is 0 Å². The van der Waals surface area contributed by atoms with E-state index in [0.717, 1.165) is 16.3 Å². The average molecular weight is 420 g/mol. The summed E-state index contributed by atoms with van der Waals surface area (Å²) in [6, 6.07) is 10.9. The number of fused-ring (bicyclic) bond motifs is 1. The molecule has 0 spiro atoms. The fourth-order valence-corrected chi connectivity index (χ4v) is 5.52. The van der Waals surface area contributed by atoms with Crippen LogP contribution in [0.1, 0.15) is 12.8 Å². The van der Waals surface area contributed by atoms with Crippen LogP contribution in [-0.4, -0.2) is 36.7 Å². The third kappa shape index (κ3) is 3.65. The number of piperidine rings is 1. The van der Waals surface area contributed by atoms with Gasteiger partial charge in [-0.2, -0.15) is 4.31 Å². The molecule has 3 aromatic rings. The number of amides is 1. The summed E-state index contributed by atoms with van der Waals surface area (Å²) in [5, 5.41) is 2.89. The van der Waals surface area contributed by atoms with E-state index in [0.29, 0.717) is 18.5 Å². The molecule has 2 heterocycles. The van der Waals surface area contributed by atoms with Gasteiger partial charge in [0, 0.05) is 24.7 Å². The van der Waals surface area contributed by atoms with E-state index in [4.69, 9.17) is 0 Å². The Balaban J connectivity index is 1.40. The van der Waals surface area contributed by atoms with E-state index in [1.165, 1.54) is 33.8 Å². The summed E-state index contributed by atoms with van der Waals surface area (Å²) in [4.78, 5) is 16.5. The summed E-state index contributed by atoms with van der Waals surface area (Å²) in [7, 11) is -3.90. The highest BCUT2D eigenvalue weighted by molar-refractivity contribution is 7.89. The smallest absolute Gasteiger partial charge is 0.245 e. The number of thiazole rings is 1. The van der Waals surface area contributed by atoms with Crippen molar-refractivity contribution in [3.05, 3.63) is 53.8 Å². The van der Waals surface area contributed by atoms with Crippen LogP contribution in [0.5, 0.6) is 0 Å². The molecule has 4 rings (SSSR count). The zero-order valence-corrected chi connectivity index (χ0v) is 16.5. The maximum absolute atomic E-state index is 13.9. The van der Waals surface area contributed by atoms with E-state index in [2.05, 4.69) is 10.3 Å². The van der Waals surface area contributed by atoms with Crippen LogP contribution in [0.15, 0.2) is 52.9 Å². The molecule has 1 saturated heterocycles. The summed E-state index contributed by atoms with van der Waals surface area (Å²) < 4.78 is 41.5. The molecule has 1 aromatic heterocycles. The molecular weight excluding hydrogens is 401 g/mol. The highest BCUT2D eigenvalue weighted by Gasteiger charge is 2.33. The maximum Gasteiger partial charge on any atom is 0.245 e. The molecule has 0 aliphatic carbocycles. The van der Waals surface area contributed by atoms with Crippen LogP contribution in [-0.2, 0) is 14.8 Å². The topological polar surface area (TPSA) is 79.4 Å². The van der Waals surface area contributed by atoms with Crippen molar-refractivity contribution in [2.45, 2.75) is 17.7 Å². The Bertz CT molecular complexity index is 1120. The number of nitrogens with one attached hydrogen (secondary N) is 1. The largest absolute Gasteiger partial charge is 0.326 e. The number of nitrogens with zero attached hydrogens (tertiary/aromatic N) is 2. The molecule has 0 saturated carbocycles. The fourth-order valence-electron chi connectivity index (χ4n) is 3.33. The molecule has 0 atom stereocenters. The minimum Gasteiger partial charge on any atom is -0.326 e. The van der Waals surface area contributed by atoms with Gasteiger partial charge < -0.3 is 5.32 Å². The van der Waals surface area contributed by atoms with Gasteiger partial charge in [0.2, 0.25) is 15.9 Å². The van der Waals surface area contributed by atoms with Crippen LogP contribution in [0.4, 0.5) is 10.1 Å². The normalized spacial score (nSPS) is 16.3. The third-order valence-electron chi connectivity index (χ3n) is 4.88. The van der Waals surface area contributed by atoms with Gasteiger partial charge in [-0.3, -0.25) is 4.79 Å². The summed E-state index contributed by atoms with van der Waals surface area (Å²) in [6.45, 7) is 0.361. The Labute approximate surface area is 166 Å². The van der Waals surface area contributed by atoms with Crippen molar-refractivity contribution in [3.63, 3.8) is 0 Å². The van der Waals surface area contributed by atoms with Crippen molar-refractivity contribution >= 4 is 43.2 Å². The molecule has 6 nitrogen and oxygen atoms in total. The minimum absolute atomic E-state index is 0.141.